The number of methoxy groups -OCH3 is 1. The average Bonchev–Trinajstić information content (AvgIpc) is 2.44. The molecule has 2 aromatic rings. The van der Waals surface area contributed by atoms with Crippen LogP contribution in [0.15, 0.2) is 30.3 Å². The fourth-order valence-corrected chi connectivity index (χ4v) is 2.29. The SMILES string of the molecule is COC(c1ccc(Cl)cc1)c1cc(Cl)c(O)c(N)c1O. The summed E-state index contributed by atoms with van der Waals surface area (Å²) >= 11 is 11.7. The Balaban J connectivity index is 2.55. The van der Waals surface area contributed by atoms with Crippen LogP contribution in [0.2, 0.25) is 10.0 Å². The number of hydrogen-bond donors (Lipinski definition) is 3. The van der Waals surface area contributed by atoms with E-state index in [-0.39, 0.29) is 22.2 Å². The molecule has 106 valence electrons. The Morgan fingerprint density at radius 1 is 1.10 bits per heavy atom. The first-order valence-corrected chi connectivity index (χ1v) is 6.49. The van der Waals surface area contributed by atoms with Gasteiger partial charge in [0.15, 0.2) is 5.75 Å². The number of benzene rings is 2. The summed E-state index contributed by atoms with van der Waals surface area (Å²) in [5, 5.41) is 20.3. The lowest BCUT2D eigenvalue weighted by atomic mass is 9.99. The van der Waals surface area contributed by atoms with E-state index < -0.39 is 6.10 Å². The molecule has 0 heterocycles. The molecule has 0 spiro atoms. The molecule has 1 unspecified atom stereocenters. The highest BCUT2D eigenvalue weighted by Gasteiger charge is 2.22. The molecule has 0 aliphatic carbocycles. The molecule has 2 aromatic carbocycles. The van der Waals surface area contributed by atoms with E-state index in [4.69, 9.17) is 33.7 Å². The van der Waals surface area contributed by atoms with Gasteiger partial charge in [0.05, 0.1) is 5.02 Å². The van der Waals surface area contributed by atoms with Crippen LogP contribution in [0.1, 0.15) is 17.2 Å². The van der Waals surface area contributed by atoms with Crippen molar-refractivity contribution in [2.45, 2.75) is 6.10 Å². The zero-order chi connectivity index (χ0) is 14.9. The van der Waals surface area contributed by atoms with Crippen molar-refractivity contribution < 1.29 is 14.9 Å². The van der Waals surface area contributed by atoms with E-state index in [2.05, 4.69) is 0 Å². The summed E-state index contributed by atoms with van der Waals surface area (Å²) < 4.78 is 5.39. The fourth-order valence-electron chi connectivity index (χ4n) is 1.95. The summed E-state index contributed by atoms with van der Waals surface area (Å²) in [4.78, 5) is 0. The predicted molar refractivity (Wildman–Crippen MR) is 79.5 cm³/mol. The summed E-state index contributed by atoms with van der Waals surface area (Å²) in [6, 6.07) is 8.39. The quantitative estimate of drug-likeness (QED) is 0.596. The van der Waals surface area contributed by atoms with Crippen molar-refractivity contribution in [1.29, 1.82) is 0 Å². The maximum atomic E-state index is 10.1. The molecule has 0 fully saturated rings. The average molecular weight is 314 g/mol. The molecular weight excluding hydrogens is 301 g/mol. The van der Waals surface area contributed by atoms with Crippen molar-refractivity contribution in [1.82, 2.24) is 0 Å². The van der Waals surface area contributed by atoms with E-state index in [1.807, 2.05) is 0 Å². The van der Waals surface area contributed by atoms with Crippen LogP contribution >= 0.6 is 23.2 Å². The van der Waals surface area contributed by atoms with Gasteiger partial charge in [-0.2, -0.15) is 0 Å². The topological polar surface area (TPSA) is 75.7 Å². The lowest BCUT2D eigenvalue weighted by Gasteiger charge is -2.19. The maximum Gasteiger partial charge on any atom is 0.161 e. The van der Waals surface area contributed by atoms with E-state index in [0.29, 0.717) is 10.6 Å². The molecule has 0 aliphatic rings. The Morgan fingerprint density at radius 3 is 2.25 bits per heavy atom. The van der Waals surface area contributed by atoms with Gasteiger partial charge in [0, 0.05) is 17.7 Å². The maximum absolute atomic E-state index is 10.1. The lowest BCUT2D eigenvalue weighted by molar-refractivity contribution is 0.134. The largest absolute Gasteiger partial charge is 0.505 e. The van der Waals surface area contributed by atoms with Gasteiger partial charge in [-0.15, -0.1) is 0 Å². The second kappa shape index (κ2) is 5.79. The minimum atomic E-state index is -0.576. The first kappa shape index (κ1) is 14.8. The number of aromatic hydroxyl groups is 2. The van der Waals surface area contributed by atoms with Crippen LogP contribution in [0.25, 0.3) is 0 Å². The number of halogens is 2. The zero-order valence-electron chi connectivity index (χ0n) is 10.6. The summed E-state index contributed by atoms with van der Waals surface area (Å²) in [5.74, 6) is -0.604. The Labute approximate surface area is 126 Å². The molecule has 0 saturated heterocycles. The molecule has 1 atom stereocenters. The predicted octanol–water partition coefficient (Wildman–Crippen LogP) is 3.72. The van der Waals surface area contributed by atoms with Gasteiger partial charge in [0.1, 0.15) is 17.5 Å². The fraction of sp³-hybridized carbons (Fsp3) is 0.143. The van der Waals surface area contributed by atoms with Crippen molar-refractivity contribution in [3.05, 3.63) is 51.5 Å². The van der Waals surface area contributed by atoms with Gasteiger partial charge in [-0.3, -0.25) is 0 Å². The van der Waals surface area contributed by atoms with Crippen LogP contribution in [0.5, 0.6) is 11.5 Å². The summed E-state index contributed by atoms with van der Waals surface area (Å²) in [7, 11) is 1.50. The zero-order valence-corrected chi connectivity index (χ0v) is 12.1. The number of phenols is 2. The van der Waals surface area contributed by atoms with Crippen molar-refractivity contribution in [3.63, 3.8) is 0 Å². The number of hydrogen-bond acceptors (Lipinski definition) is 4. The van der Waals surface area contributed by atoms with Gasteiger partial charge in [-0.25, -0.2) is 0 Å². The van der Waals surface area contributed by atoms with Crippen LogP contribution in [0, 0.1) is 0 Å². The summed E-state index contributed by atoms with van der Waals surface area (Å²) in [5.41, 5.74) is 6.58. The highest BCUT2D eigenvalue weighted by atomic mass is 35.5. The molecule has 0 aromatic heterocycles. The highest BCUT2D eigenvalue weighted by molar-refractivity contribution is 6.32. The highest BCUT2D eigenvalue weighted by Crippen LogP contribution is 2.44. The Morgan fingerprint density at radius 2 is 1.70 bits per heavy atom. The first-order chi connectivity index (χ1) is 9.45. The van der Waals surface area contributed by atoms with E-state index in [1.165, 1.54) is 13.2 Å². The van der Waals surface area contributed by atoms with Crippen LogP contribution in [0.3, 0.4) is 0 Å². The summed E-state index contributed by atoms with van der Waals surface area (Å²) in [6.45, 7) is 0. The van der Waals surface area contributed by atoms with Crippen LogP contribution in [0.4, 0.5) is 5.69 Å². The van der Waals surface area contributed by atoms with E-state index >= 15 is 0 Å². The van der Waals surface area contributed by atoms with Crippen LogP contribution < -0.4 is 5.73 Å². The minimum absolute atomic E-state index is 0.0475. The molecule has 0 aliphatic heterocycles. The molecule has 0 bridgehead atoms. The van der Waals surface area contributed by atoms with Gasteiger partial charge in [-0.1, -0.05) is 35.3 Å². The molecule has 20 heavy (non-hydrogen) atoms. The molecule has 4 N–H and O–H groups in total. The number of nitrogens with two attached hydrogens (primary N) is 1. The van der Waals surface area contributed by atoms with E-state index in [9.17, 15) is 10.2 Å². The Bertz CT molecular complexity index is 629. The molecular formula is C14H13Cl2NO3. The van der Waals surface area contributed by atoms with Crippen molar-refractivity contribution in [2.75, 3.05) is 12.8 Å². The number of nitrogen functional groups attached to an aromatic ring is 1. The second-order valence-corrected chi connectivity index (χ2v) is 5.07. The van der Waals surface area contributed by atoms with Gasteiger partial charge in [-0.05, 0) is 23.8 Å². The van der Waals surface area contributed by atoms with Gasteiger partial charge >= 0.3 is 0 Å². The smallest absolute Gasteiger partial charge is 0.161 e. The molecule has 2 rings (SSSR count). The summed E-state index contributed by atoms with van der Waals surface area (Å²) in [6.07, 6.45) is -0.576. The third-order valence-electron chi connectivity index (χ3n) is 2.98. The number of anilines is 1. The van der Waals surface area contributed by atoms with Crippen molar-refractivity contribution >= 4 is 28.9 Å². The molecule has 0 saturated carbocycles. The molecule has 0 amide bonds. The molecule has 0 radical (unpaired) electrons. The normalized spacial score (nSPS) is 12.3. The monoisotopic (exact) mass is 313 g/mol. The van der Waals surface area contributed by atoms with Crippen molar-refractivity contribution in [2.24, 2.45) is 0 Å². The number of phenolic OH excluding ortho intramolecular Hbond substituents is 2. The molecule has 6 heteroatoms. The van der Waals surface area contributed by atoms with Crippen LogP contribution in [-0.4, -0.2) is 17.3 Å². The van der Waals surface area contributed by atoms with Gasteiger partial charge < -0.3 is 20.7 Å². The third-order valence-corrected chi connectivity index (χ3v) is 3.52. The third kappa shape index (κ3) is 2.63. The first-order valence-electron chi connectivity index (χ1n) is 5.73. The number of ether oxygens (including phenoxy) is 1. The lowest BCUT2D eigenvalue weighted by Crippen LogP contribution is -2.05. The molecule has 4 nitrogen and oxygen atoms in total. The Kier molecular flexibility index (Phi) is 4.28. The standard InChI is InChI=1S/C14H13Cl2NO3/c1-20-14(7-2-4-8(15)5-3-7)9-6-10(16)13(19)11(17)12(9)18/h2-6,14,18-19H,17H2,1H3. The number of rotatable bonds is 3. The minimum Gasteiger partial charge on any atom is -0.505 e. The van der Waals surface area contributed by atoms with E-state index in [0.717, 1.165) is 5.56 Å². The second-order valence-electron chi connectivity index (χ2n) is 4.23. The van der Waals surface area contributed by atoms with E-state index in [1.54, 1.807) is 24.3 Å². The van der Waals surface area contributed by atoms with Gasteiger partial charge in [0.25, 0.3) is 0 Å². The van der Waals surface area contributed by atoms with Crippen LogP contribution in [-0.2, 0) is 4.74 Å². The van der Waals surface area contributed by atoms with Crippen molar-refractivity contribution in [3.8, 4) is 11.5 Å². The Hall–Kier alpha value is -1.62. The van der Waals surface area contributed by atoms with Gasteiger partial charge in [0.2, 0.25) is 0 Å².